The summed E-state index contributed by atoms with van der Waals surface area (Å²) in [7, 11) is 0. The second-order valence-corrected chi connectivity index (χ2v) is 8.72. The van der Waals surface area contributed by atoms with Gasteiger partial charge in [-0.05, 0) is 24.0 Å². The first-order valence-corrected chi connectivity index (χ1v) is 11.3. The summed E-state index contributed by atoms with van der Waals surface area (Å²) in [6, 6.07) is 19.7. The van der Waals surface area contributed by atoms with Gasteiger partial charge in [0.1, 0.15) is 0 Å². The first-order chi connectivity index (χ1) is 14.7. The SMILES string of the molecule is O=C1C(SCCO)=C(c2ccccc2)C(=O)N1C1CCN(Cc2ccccc2)CC1. The second-order valence-electron chi connectivity index (χ2n) is 7.62. The molecule has 0 radical (unpaired) electrons. The smallest absolute Gasteiger partial charge is 0.268 e. The van der Waals surface area contributed by atoms with Gasteiger partial charge < -0.3 is 5.11 Å². The van der Waals surface area contributed by atoms with E-state index in [0.29, 0.717) is 16.2 Å². The molecule has 0 spiro atoms. The van der Waals surface area contributed by atoms with Gasteiger partial charge in [-0.1, -0.05) is 60.7 Å². The average Bonchev–Trinajstić information content (AvgIpc) is 3.03. The molecule has 0 bridgehead atoms. The van der Waals surface area contributed by atoms with Gasteiger partial charge in [-0.3, -0.25) is 19.4 Å². The van der Waals surface area contributed by atoms with E-state index in [-0.39, 0.29) is 24.5 Å². The number of benzene rings is 2. The zero-order valence-electron chi connectivity index (χ0n) is 16.9. The summed E-state index contributed by atoms with van der Waals surface area (Å²) in [5, 5.41) is 9.24. The number of aliphatic hydroxyl groups is 1. The molecule has 0 saturated carbocycles. The fourth-order valence-corrected chi connectivity index (χ4v) is 5.04. The van der Waals surface area contributed by atoms with E-state index in [1.165, 1.54) is 22.2 Å². The van der Waals surface area contributed by atoms with Crippen molar-refractivity contribution in [1.82, 2.24) is 9.80 Å². The average molecular weight is 423 g/mol. The maximum atomic E-state index is 13.3. The van der Waals surface area contributed by atoms with Crippen LogP contribution in [0.1, 0.15) is 24.0 Å². The Morgan fingerprint density at radius 2 is 1.53 bits per heavy atom. The van der Waals surface area contributed by atoms with Crippen molar-refractivity contribution in [2.45, 2.75) is 25.4 Å². The number of imide groups is 1. The van der Waals surface area contributed by atoms with E-state index in [0.717, 1.165) is 38.0 Å². The van der Waals surface area contributed by atoms with E-state index >= 15 is 0 Å². The van der Waals surface area contributed by atoms with E-state index < -0.39 is 0 Å². The van der Waals surface area contributed by atoms with Gasteiger partial charge in [0.05, 0.1) is 17.1 Å². The number of carbonyl (C=O) groups is 2. The van der Waals surface area contributed by atoms with Crippen molar-refractivity contribution in [2.75, 3.05) is 25.4 Å². The number of hydrogen-bond acceptors (Lipinski definition) is 5. The van der Waals surface area contributed by atoms with Crippen molar-refractivity contribution in [1.29, 1.82) is 0 Å². The summed E-state index contributed by atoms with van der Waals surface area (Å²) in [5.41, 5.74) is 2.52. The number of carbonyl (C=O) groups excluding carboxylic acids is 2. The van der Waals surface area contributed by atoms with E-state index in [1.54, 1.807) is 0 Å². The molecule has 5 nitrogen and oxygen atoms in total. The fraction of sp³-hybridized carbons (Fsp3) is 0.333. The second kappa shape index (κ2) is 9.60. The molecule has 2 aliphatic heterocycles. The Bertz CT molecular complexity index is 922. The highest BCUT2D eigenvalue weighted by Gasteiger charge is 2.43. The molecule has 2 aliphatic rings. The predicted molar refractivity (Wildman–Crippen MR) is 119 cm³/mol. The molecule has 6 heteroatoms. The molecule has 0 aromatic heterocycles. The number of amides is 2. The Morgan fingerprint density at radius 1 is 0.900 bits per heavy atom. The van der Waals surface area contributed by atoms with E-state index in [1.807, 2.05) is 48.5 Å². The Morgan fingerprint density at radius 3 is 2.17 bits per heavy atom. The molecule has 0 unspecified atom stereocenters. The monoisotopic (exact) mass is 422 g/mol. The van der Waals surface area contributed by atoms with Gasteiger partial charge >= 0.3 is 0 Å². The van der Waals surface area contributed by atoms with Gasteiger partial charge in [0, 0.05) is 31.4 Å². The third kappa shape index (κ3) is 4.36. The molecule has 1 N–H and O–H groups in total. The highest BCUT2D eigenvalue weighted by atomic mass is 32.2. The quantitative estimate of drug-likeness (QED) is 0.695. The summed E-state index contributed by atoms with van der Waals surface area (Å²) in [6.07, 6.45) is 1.56. The molecular weight excluding hydrogens is 396 g/mol. The first-order valence-electron chi connectivity index (χ1n) is 10.4. The van der Waals surface area contributed by atoms with Crippen LogP contribution < -0.4 is 0 Å². The van der Waals surface area contributed by atoms with E-state index in [9.17, 15) is 14.7 Å². The van der Waals surface area contributed by atoms with Crippen LogP contribution in [-0.4, -0.2) is 58.2 Å². The summed E-state index contributed by atoms with van der Waals surface area (Å²) in [6.45, 7) is 2.57. The van der Waals surface area contributed by atoms with Gasteiger partial charge in [0.15, 0.2) is 0 Å². The zero-order chi connectivity index (χ0) is 20.9. The van der Waals surface area contributed by atoms with E-state index in [4.69, 9.17) is 0 Å². The topological polar surface area (TPSA) is 60.9 Å². The molecule has 4 rings (SSSR count). The standard InChI is InChI=1S/C24H26N2O3S/c27-15-16-30-22-21(19-9-5-2-6-10-19)23(28)26(24(22)29)20-11-13-25(14-12-20)17-18-7-3-1-4-8-18/h1-10,20,27H,11-17H2. The normalized spacial score (nSPS) is 18.5. The van der Waals surface area contributed by atoms with Crippen LogP contribution in [0.25, 0.3) is 5.57 Å². The van der Waals surface area contributed by atoms with Crippen LogP contribution in [0.15, 0.2) is 65.6 Å². The molecule has 0 atom stereocenters. The van der Waals surface area contributed by atoms with Crippen LogP contribution in [0, 0.1) is 0 Å². The van der Waals surface area contributed by atoms with Crippen LogP contribution >= 0.6 is 11.8 Å². The highest BCUT2D eigenvalue weighted by Crippen LogP contribution is 2.38. The van der Waals surface area contributed by atoms with E-state index in [2.05, 4.69) is 17.0 Å². The first kappa shape index (κ1) is 20.8. The molecule has 30 heavy (non-hydrogen) atoms. The molecule has 2 aromatic carbocycles. The number of rotatable bonds is 7. The molecule has 0 aliphatic carbocycles. The Kier molecular flexibility index (Phi) is 6.67. The Labute approximate surface area is 181 Å². The minimum Gasteiger partial charge on any atom is -0.396 e. The van der Waals surface area contributed by atoms with Crippen molar-refractivity contribution in [3.63, 3.8) is 0 Å². The number of likely N-dealkylation sites (tertiary alicyclic amines) is 1. The summed E-state index contributed by atoms with van der Waals surface area (Å²) in [5.74, 6) is -0.0133. The molecule has 2 heterocycles. The summed E-state index contributed by atoms with van der Waals surface area (Å²) in [4.78, 5) is 30.8. The molecule has 1 saturated heterocycles. The largest absolute Gasteiger partial charge is 0.396 e. The molecule has 2 amide bonds. The molecule has 1 fully saturated rings. The summed E-state index contributed by atoms with van der Waals surface area (Å²) >= 11 is 1.28. The van der Waals surface area contributed by atoms with Crippen LogP contribution in [0.5, 0.6) is 0 Å². The molecular formula is C24H26N2O3S. The lowest BCUT2D eigenvalue weighted by molar-refractivity contribution is -0.140. The van der Waals surface area contributed by atoms with Gasteiger partial charge in [-0.15, -0.1) is 11.8 Å². The fourth-order valence-electron chi connectivity index (χ4n) is 4.18. The summed E-state index contributed by atoms with van der Waals surface area (Å²) < 4.78 is 0. The number of hydrogen-bond donors (Lipinski definition) is 1. The van der Waals surface area contributed by atoms with Gasteiger partial charge in [0.25, 0.3) is 11.8 Å². The zero-order valence-corrected chi connectivity index (χ0v) is 17.7. The van der Waals surface area contributed by atoms with Crippen molar-refractivity contribution in [3.05, 3.63) is 76.7 Å². The van der Waals surface area contributed by atoms with Crippen molar-refractivity contribution < 1.29 is 14.7 Å². The van der Waals surface area contributed by atoms with Gasteiger partial charge in [0.2, 0.25) is 0 Å². The lowest BCUT2D eigenvalue weighted by Crippen LogP contribution is -2.47. The lowest BCUT2D eigenvalue weighted by Gasteiger charge is -2.36. The predicted octanol–water partition coefficient (Wildman–Crippen LogP) is 3.16. The van der Waals surface area contributed by atoms with Crippen LogP contribution in [-0.2, 0) is 16.1 Å². The minimum absolute atomic E-state index is 0.0322. The molecule has 2 aromatic rings. The van der Waals surface area contributed by atoms with Crippen LogP contribution in [0.3, 0.4) is 0 Å². The lowest BCUT2D eigenvalue weighted by atomic mass is 10.0. The van der Waals surface area contributed by atoms with Gasteiger partial charge in [-0.25, -0.2) is 0 Å². The van der Waals surface area contributed by atoms with Crippen molar-refractivity contribution >= 4 is 29.1 Å². The van der Waals surface area contributed by atoms with Crippen molar-refractivity contribution in [2.24, 2.45) is 0 Å². The third-order valence-corrected chi connectivity index (χ3v) is 6.70. The van der Waals surface area contributed by atoms with Crippen LogP contribution in [0.2, 0.25) is 0 Å². The number of thioether (sulfide) groups is 1. The van der Waals surface area contributed by atoms with Crippen LogP contribution in [0.4, 0.5) is 0 Å². The number of nitrogens with zero attached hydrogens (tertiary/aromatic N) is 2. The van der Waals surface area contributed by atoms with Gasteiger partial charge in [-0.2, -0.15) is 0 Å². The molecule has 156 valence electrons. The maximum Gasteiger partial charge on any atom is 0.268 e. The number of piperidine rings is 1. The Balaban J connectivity index is 1.48. The third-order valence-electron chi connectivity index (χ3n) is 5.64. The highest BCUT2D eigenvalue weighted by molar-refractivity contribution is 8.04. The minimum atomic E-state index is -0.209. The number of aliphatic hydroxyl groups excluding tert-OH is 1. The Hall–Kier alpha value is -2.41. The maximum absolute atomic E-state index is 13.3. The van der Waals surface area contributed by atoms with Crippen molar-refractivity contribution in [3.8, 4) is 0 Å².